The lowest BCUT2D eigenvalue weighted by molar-refractivity contribution is 0.120. The zero-order valence-electron chi connectivity index (χ0n) is 11.6. The van der Waals surface area contributed by atoms with Crippen molar-refractivity contribution in [1.82, 2.24) is 9.97 Å². The molecule has 0 bridgehead atoms. The fourth-order valence-corrected chi connectivity index (χ4v) is 3.57. The standard InChI is InChI=1S/C14H19N3OS/c1-8-9(2)19-14-12(8)13(16-10(3)17-14)15-7-11-5-4-6-18-11/h11H,4-7H2,1-3H3,(H,15,16,17)/t11-/m1/s1. The van der Waals surface area contributed by atoms with Crippen LogP contribution in [0.2, 0.25) is 0 Å². The van der Waals surface area contributed by atoms with Crippen molar-refractivity contribution in [1.29, 1.82) is 0 Å². The Bertz CT molecular complexity index is 602. The van der Waals surface area contributed by atoms with E-state index in [-0.39, 0.29) is 0 Å². The molecule has 1 aliphatic rings. The number of fused-ring (bicyclic) bond motifs is 1. The van der Waals surface area contributed by atoms with Crippen molar-refractivity contribution >= 4 is 27.4 Å². The number of ether oxygens (including phenoxy) is 1. The summed E-state index contributed by atoms with van der Waals surface area (Å²) in [5.41, 5.74) is 1.29. The third-order valence-corrected chi connectivity index (χ3v) is 4.76. The van der Waals surface area contributed by atoms with E-state index < -0.39 is 0 Å². The lowest BCUT2D eigenvalue weighted by atomic mass is 10.2. The third kappa shape index (κ3) is 2.44. The fraction of sp³-hybridized carbons (Fsp3) is 0.571. The first-order chi connectivity index (χ1) is 9.15. The molecule has 1 fully saturated rings. The average molecular weight is 277 g/mol. The molecule has 3 rings (SSSR count). The summed E-state index contributed by atoms with van der Waals surface area (Å²) in [6.07, 6.45) is 2.63. The van der Waals surface area contributed by atoms with Gasteiger partial charge < -0.3 is 10.1 Å². The number of hydrogen-bond acceptors (Lipinski definition) is 5. The van der Waals surface area contributed by atoms with Crippen LogP contribution in [0.1, 0.15) is 29.1 Å². The molecule has 2 aromatic rings. The van der Waals surface area contributed by atoms with E-state index in [4.69, 9.17) is 4.74 Å². The van der Waals surface area contributed by atoms with Gasteiger partial charge in [-0.1, -0.05) is 0 Å². The van der Waals surface area contributed by atoms with Crippen molar-refractivity contribution in [2.75, 3.05) is 18.5 Å². The first-order valence-electron chi connectivity index (χ1n) is 6.75. The molecule has 0 unspecified atom stereocenters. The van der Waals surface area contributed by atoms with E-state index >= 15 is 0 Å². The van der Waals surface area contributed by atoms with Gasteiger partial charge in [-0.2, -0.15) is 0 Å². The zero-order valence-corrected chi connectivity index (χ0v) is 12.4. The lowest BCUT2D eigenvalue weighted by Gasteiger charge is -2.12. The Morgan fingerprint density at radius 3 is 2.89 bits per heavy atom. The van der Waals surface area contributed by atoms with Crippen LogP contribution in [0.25, 0.3) is 10.2 Å². The minimum absolute atomic E-state index is 0.324. The summed E-state index contributed by atoms with van der Waals surface area (Å²) < 4.78 is 5.65. The molecule has 3 heterocycles. The summed E-state index contributed by atoms with van der Waals surface area (Å²) >= 11 is 1.74. The maximum Gasteiger partial charge on any atom is 0.138 e. The number of hydrogen-bond donors (Lipinski definition) is 1. The highest BCUT2D eigenvalue weighted by molar-refractivity contribution is 7.18. The largest absolute Gasteiger partial charge is 0.376 e. The van der Waals surface area contributed by atoms with Crippen molar-refractivity contribution in [3.63, 3.8) is 0 Å². The van der Waals surface area contributed by atoms with E-state index in [1.54, 1.807) is 11.3 Å². The van der Waals surface area contributed by atoms with Crippen LogP contribution in [0.5, 0.6) is 0 Å². The van der Waals surface area contributed by atoms with E-state index in [0.29, 0.717) is 6.10 Å². The normalized spacial score (nSPS) is 19.2. The number of anilines is 1. The number of aromatic nitrogens is 2. The number of thiophene rings is 1. The van der Waals surface area contributed by atoms with E-state index in [2.05, 4.69) is 29.1 Å². The highest BCUT2D eigenvalue weighted by atomic mass is 32.1. The van der Waals surface area contributed by atoms with Gasteiger partial charge in [-0.25, -0.2) is 9.97 Å². The highest BCUT2D eigenvalue weighted by Crippen LogP contribution is 2.33. The maximum atomic E-state index is 5.65. The predicted molar refractivity (Wildman–Crippen MR) is 79.1 cm³/mol. The van der Waals surface area contributed by atoms with Crippen LogP contribution < -0.4 is 5.32 Å². The van der Waals surface area contributed by atoms with Crippen molar-refractivity contribution < 1.29 is 4.74 Å². The molecular formula is C14H19N3OS. The summed E-state index contributed by atoms with van der Waals surface area (Å²) in [7, 11) is 0. The van der Waals surface area contributed by atoms with Gasteiger partial charge >= 0.3 is 0 Å². The van der Waals surface area contributed by atoms with Gasteiger partial charge in [0.2, 0.25) is 0 Å². The van der Waals surface area contributed by atoms with Crippen LogP contribution in [0.3, 0.4) is 0 Å². The molecule has 0 radical (unpaired) electrons. The van der Waals surface area contributed by atoms with E-state index in [1.165, 1.54) is 22.2 Å². The fourth-order valence-electron chi connectivity index (χ4n) is 2.50. The van der Waals surface area contributed by atoms with E-state index in [0.717, 1.165) is 36.0 Å². The lowest BCUT2D eigenvalue weighted by Crippen LogP contribution is -2.19. The van der Waals surface area contributed by atoms with Gasteiger partial charge in [0.05, 0.1) is 11.5 Å². The van der Waals surface area contributed by atoms with Gasteiger partial charge in [0, 0.05) is 18.0 Å². The Kier molecular flexibility index (Phi) is 3.41. The molecule has 19 heavy (non-hydrogen) atoms. The zero-order chi connectivity index (χ0) is 13.4. The summed E-state index contributed by atoms with van der Waals surface area (Å²) in [5, 5.41) is 4.63. The third-order valence-electron chi connectivity index (χ3n) is 3.66. The number of aryl methyl sites for hydroxylation is 3. The molecule has 2 aromatic heterocycles. The van der Waals surface area contributed by atoms with Crippen LogP contribution in [-0.4, -0.2) is 29.2 Å². The molecule has 0 spiro atoms. The van der Waals surface area contributed by atoms with Gasteiger partial charge in [0.15, 0.2) is 0 Å². The molecule has 5 heteroatoms. The maximum absolute atomic E-state index is 5.65. The first-order valence-corrected chi connectivity index (χ1v) is 7.56. The van der Waals surface area contributed by atoms with E-state index in [9.17, 15) is 0 Å². The van der Waals surface area contributed by atoms with Crippen LogP contribution in [0, 0.1) is 20.8 Å². The SMILES string of the molecule is Cc1nc(NC[C@H]2CCCO2)c2c(C)c(C)sc2n1. The molecule has 0 amide bonds. The predicted octanol–water partition coefficient (Wildman–Crippen LogP) is 3.21. The van der Waals surface area contributed by atoms with Gasteiger partial charge in [0.25, 0.3) is 0 Å². The minimum atomic E-state index is 0.324. The number of nitrogens with one attached hydrogen (secondary N) is 1. The topological polar surface area (TPSA) is 47.0 Å². The van der Waals surface area contributed by atoms with Crippen LogP contribution >= 0.6 is 11.3 Å². The molecule has 102 valence electrons. The minimum Gasteiger partial charge on any atom is -0.376 e. The Morgan fingerprint density at radius 2 is 2.16 bits per heavy atom. The summed E-state index contributed by atoms with van der Waals surface area (Å²) in [5.74, 6) is 1.78. The Labute approximate surface area is 117 Å². The van der Waals surface area contributed by atoms with Crippen molar-refractivity contribution in [2.45, 2.75) is 39.7 Å². The van der Waals surface area contributed by atoms with Gasteiger partial charge in [-0.15, -0.1) is 11.3 Å². The van der Waals surface area contributed by atoms with E-state index in [1.807, 2.05) is 6.92 Å². The second kappa shape index (κ2) is 5.06. The Balaban J connectivity index is 1.92. The molecule has 4 nitrogen and oxygen atoms in total. The van der Waals surface area contributed by atoms with Crippen molar-refractivity contribution in [2.24, 2.45) is 0 Å². The monoisotopic (exact) mass is 277 g/mol. The summed E-state index contributed by atoms with van der Waals surface area (Å²) in [6.45, 7) is 7.95. The molecule has 1 N–H and O–H groups in total. The highest BCUT2D eigenvalue weighted by Gasteiger charge is 2.17. The van der Waals surface area contributed by atoms with Gasteiger partial charge in [-0.05, 0) is 39.2 Å². The second-order valence-electron chi connectivity index (χ2n) is 5.10. The van der Waals surface area contributed by atoms with Gasteiger partial charge in [-0.3, -0.25) is 0 Å². The molecule has 1 aliphatic heterocycles. The molecule has 0 saturated carbocycles. The number of nitrogens with zero attached hydrogens (tertiary/aromatic N) is 2. The quantitative estimate of drug-likeness (QED) is 0.936. The number of rotatable bonds is 3. The molecule has 0 aromatic carbocycles. The molecule has 1 atom stereocenters. The van der Waals surface area contributed by atoms with Crippen molar-refractivity contribution in [3.05, 3.63) is 16.3 Å². The van der Waals surface area contributed by atoms with Crippen molar-refractivity contribution in [3.8, 4) is 0 Å². The molecule has 1 saturated heterocycles. The summed E-state index contributed by atoms with van der Waals surface area (Å²) in [6, 6.07) is 0. The Morgan fingerprint density at radius 1 is 1.32 bits per heavy atom. The second-order valence-corrected chi connectivity index (χ2v) is 6.30. The van der Waals surface area contributed by atoms with Crippen LogP contribution in [0.4, 0.5) is 5.82 Å². The first kappa shape index (κ1) is 12.8. The Hall–Kier alpha value is -1.20. The van der Waals surface area contributed by atoms with Crippen LogP contribution in [-0.2, 0) is 4.74 Å². The molecule has 0 aliphatic carbocycles. The average Bonchev–Trinajstić information content (AvgIpc) is 2.96. The van der Waals surface area contributed by atoms with Crippen LogP contribution in [0.15, 0.2) is 0 Å². The summed E-state index contributed by atoms with van der Waals surface area (Å²) in [4.78, 5) is 11.5. The molecular weight excluding hydrogens is 258 g/mol. The smallest absolute Gasteiger partial charge is 0.138 e. The van der Waals surface area contributed by atoms with Gasteiger partial charge in [0.1, 0.15) is 16.5 Å².